The number of hydrogen-bond acceptors (Lipinski definition) is 4. The molecule has 32 heavy (non-hydrogen) atoms. The summed E-state index contributed by atoms with van der Waals surface area (Å²) in [6.45, 7) is 4.79. The number of aromatic nitrogens is 2. The second-order valence-corrected chi connectivity index (χ2v) is 8.43. The highest BCUT2D eigenvalue weighted by Crippen LogP contribution is 2.20. The van der Waals surface area contributed by atoms with E-state index in [-0.39, 0.29) is 36.8 Å². The first kappa shape index (κ1) is 23.2. The zero-order chi connectivity index (χ0) is 23.1. The Kier molecular flexibility index (Phi) is 7.80. The third kappa shape index (κ3) is 5.83. The van der Waals surface area contributed by atoms with Gasteiger partial charge >= 0.3 is 0 Å². The summed E-state index contributed by atoms with van der Waals surface area (Å²) >= 11 is 6.08. The van der Waals surface area contributed by atoms with E-state index in [2.05, 4.69) is 16.4 Å². The number of rotatable bonds is 8. The van der Waals surface area contributed by atoms with Crippen LogP contribution in [0.5, 0.6) is 0 Å². The van der Waals surface area contributed by atoms with Gasteiger partial charge in [0.15, 0.2) is 0 Å². The van der Waals surface area contributed by atoms with Crippen LogP contribution in [0.15, 0.2) is 59.7 Å². The molecule has 1 heterocycles. The molecule has 0 bridgehead atoms. The van der Waals surface area contributed by atoms with Crippen molar-refractivity contribution < 1.29 is 4.79 Å². The fourth-order valence-corrected chi connectivity index (χ4v) is 3.69. The maximum absolute atomic E-state index is 13.2. The first-order chi connectivity index (χ1) is 15.4. The van der Waals surface area contributed by atoms with E-state index in [1.54, 1.807) is 29.1 Å². The van der Waals surface area contributed by atoms with E-state index in [9.17, 15) is 9.59 Å². The van der Waals surface area contributed by atoms with E-state index in [1.807, 2.05) is 44.2 Å². The van der Waals surface area contributed by atoms with Crippen molar-refractivity contribution in [1.29, 1.82) is 5.26 Å². The van der Waals surface area contributed by atoms with Crippen molar-refractivity contribution in [3.05, 3.63) is 86.9 Å². The van der Waals surface area contributed by atoms with Gasteiger partial charge in [0.05, 0.1) is 36.5 Å². The van der Waals surface area contributed by atoms with Gasteiger partial charge < -0.3 is 5.32 Å². The molecule has 0 aliphatic rings. The smallest absolute Gasteiger partial charge is 0.257 e. The summed E-state index contributed by atoms with van der Waals surface area (Å²) in [5, 5.41) is 12.4. The largest absolute Gasteiger partial charge is 0.352 e. The molecule has 6 nitrogen and oxygen atoms in total. The minimum atomic E-state index is -0.300. The lowest BCUT2D eigenvalue weighted by Gasteiger charge is -2.14. The molecule has 1 aromatic heterocycles. The molecule has 0 saturated heterocycles. The zero-order valence-electron chi connectivity index (χ0n) is 18.1. The molecule has 2 aromatic carbocycles. The van der Waals surface area contributed by atoms with Gasteiger partial charge in [-0.1, -0.05) is 61.8 Å². The highest BCUT2D eigenvalue weighted by Gasteiger charge is 2.17. The molecule has 164 valence electrons. The fraction of sp³-hybridized carbons (Fsp3) is 0.280. The van der Waals surface area contributed by atoms with Crippen LogP contribution in [0.4, 0.5) is 0 Å². The molecule has 0 radical (unpaired) electrons. The molecule has 0 spiro atoms. The molecule has 3 aromatic rings. The first-order valence-electron chi connectivity index (χ1n) is 10.4. The summed E-state index contributed by atoms with van der Waals surface area (Å²) in [4.78, 5) is 30.5. The number of carbonyl (C=O) groups excluding carboxylic acids is 1. The van der Waals surface area contributed by atoms with Crippen LogP contribution in [-0.4, -0.2) is 15.5 Å². The molecule has 1 amide bonds. The summed E-state index contributed by atoms with van der Waals surface area (Å²) in [5.41, 5.74) is 3.03. The highest BCUT2D eigenvalue weighted by atomic mass is 35.5. The van der Waals surface area contributed by atoms with Crippen molar-refractivity contribution >= 4 is 17.5 Å². The Labute approximate surface area is 192 Å². The molecule has 0 aliphatic carbocycles. The van der Waals surface area contributed by atoms with Crippen LogP contribution in [0.1, 0.15) is 30.5 Å². The van der Waals surface area contributed by atoms with Gasteiger partial charge in [-0.15, -0.1) is 0 Å². The lowest BCUT2D eigenvalue weighted by Crippen LogP contribution is -2.32. The highest BCUT2D eigenvalue weighted by molar-refractivity contribution is 6.30. The summed E-state index contributed by atoms with van der Waals surface area (Å²) in [5.74, 6) is -0.0357. The molecule has 0 fully saturated rings. The van der Waals surface area contributed by atoms with E-state index >= 15 is 0 Å². The average Bonchev–Trinajstić information content (AvgIpc) is 2.77. The van der Waals surface area contributed by atoms with E-state index in [4.69, 9.17) is 16.9 Å². The Morgan fingerprint density at radius 1 is 1.19 bits per heavy atom. The van der Waals surface area contributed by atoms with Crippen LogP contribution in [-0.2, 0) is 30.7 Å². The van der Waals surface area contributed by atoms with Gasteiger partial charge in [0.1, 0.15) is 0 Å². The SMILES string of the molecule is CC(C)Cn1cnc(-c2ccccc2)c(CC(=O)NCc2cc(Cl)ccc2CC#N)c1=O. The third-order valence-corrected chi connectivity index (χ3v) is 5.23. The second-order valence-electron chi connectivity index (χ2n) is 7.99. The van der Waals surface area contributed by atoms with Crippen molar-refractivity contribution in [2.75, 3.05) is 0 Å². The second kappa shape index (κ2) is 10.7. The molecule has 0 aliphatic heterocycles. The Morgan fingerprint density at radius 2 is 1.94 bits per heavy atom. The lowest BCUT2D eigenvalue weighted by molar-refractivity contribution is -0.120. The van der Waals surface area contributed by atoms with Gasteiger partial charge in [-0.2, -0.15) is 5.26 Å². The van der Waals surface area contributed by atoms with Crippen molar-refractivity contribution in [1.82, 2.24) is 14.9 Å². The Morgan fingerprint density at radius 3 is 2.62 bits per heavy atom. The monoisotopic (exact) mass is 448 g/mol. The third-order valence-electron chi connectivity index (χ3n) is 4.99. The molecular weight excluding hydrogens is 424 g/mol. The van der Waals surface area contributed by atoms with Crippen LogP contribution in [0, 0.1) is 17.2 Å². The molecule has 3 rings (SSSR count). The minimum Gasteiger partial charge on any atom is -0.352 e. The number of nitriles is 1. The summed E-state index contributed by atoms with van der Waals surface area (Å²) < 4.78 is 1.56. The molecule has 0 unspecified atom stereocenters. The van der Waals surface area contributed by atoms with Crippen molar-refractivity contribution in [2.24, 2.45) is 5.92 Å². The zero-order valence-corrected chi connectivity index (χ0v) is 18.9. The number of amides is 1. The van der Waals surface area contributed by atoms with Crippen molar-refractivity contribution in [2.45, 2.75) is 39.8 Å². The first-order valence-corrected chi connectivity index (χ1v) is 10.8. The predicted molar refractivity (Wildman–Crippen MR) is 125 cm³/mol. The van der Waals surface area contributed by atoms with Gasteiger partial charge in [0.25, 0.3) is 5.56 Å². The maximum atomic E-state index is 13.2. The molecule has 7 heteroatoms. The minimum absolute atomic E-state index is 0.0941. The Hall–Kier alpha value is -3.43. The summed E-state index contributed by atoms with van der Waals surface area (Å²) in [6, 6.07) is 16.7. The number of hydrogen-bond donors (Lipinski definition) is 1. The maximum Gasteiger partial charge on any atom is 0.257 e. The average molecular weight is 449 g/mol. The van der Waals surface area contributed by atoms with Gasteiger partial charge in [0.2, 0.25) is 5.91 Å². The van der Waals surface area contributed by atoms with Crippen LogP contribution in [0.3, 0.4) is 0 Å². The standard InChI is InChI=1S/C25H25ClN4O2/c1-17(2)15-30-16-29-24(19-6-4-3-5-7-19)22(25(30)32)13-23(31)28-14-20-12-21(26)9-8-18(20)10-11-27/h3-9,12,16-17H,10,13-15H2,1-2H3,(H,28,31). The molecule has 0 saturated carbocycles. The van der Waals surface area contributed by atoms with E-state index in [0.29, 0.717) is 22.8 Å². The number of halogens is 1. The van der Waals surface area contributed by atoms with Crippen molar-refractivity contribution in [3.8, 4) is 17.3 Å². The van der Waals surface area contributed by atoms with Crippen LogP contribution < -0.4 is 10.9 Å². The fourth-order valence-electron chi connectivity index (χ4n) is 3.49. The quantitative estimate of drug-likeness (QED) is 0.560. The van der Waals surface area contributed by atoms with Crippen molar-refractivity contribution in [3.63, 3.8) is 0 Å². The number of nitrogens with zero attached hydrogens (tertiary/aromatic N) is 3. The summed E-state index contributed by atoms with van der Waals surface area (Å²) in [6.07, 6.45) is 1.68. The summed E-state index contributed by atoms with van der Waals surface area (Å²) in [7, 11) is 0. The van der Waals surface area contributed by atoms with Gasteiger partial charge in [-0.25, -0.2) is 4.98 Å². The van der Waals surface area contributed by atoms with Gasteiger partial charge in [0, 0.05) is 23.7 Å². The molecule has 0 atom stereocenters. The number of benzene rings is 2. The predicted octanol–water partition coefficient (Wildman–Crippen LogP) is 4.14. The van der Waals surface area contributed by atoms with Crippen LogP contribution in [0.2, 0.25) is 5.02 Å². The van der Waals surface area contributed by atoms with E-state index in [1.165, 1.54) is 0 Å². The van der Waals surface area contributed by atoms with E-state index in [0.717, 1.165) is 16.7 Å². The van der Waals surface area contributed by atoms with Gasteiger partial charge in [-0.3, -0.25) is 14.2 Å². The van der Waals surface area contributed by atoms with Gasteiger partial charge in [-0.05, 0) is 29.2 Å². The van der Waals surface area contributed by atoms with Crippen LogP contribution in [0.25, 0.3) is 11.3 Å². The molecule has 1 N–H and O–H groups in total. The molecular formula is C25H25ClN4O2. The topological polar surface area (TPSA) is 87.8 Å². The lowest BCUT2D eigenvalue weighted by atomic mass is 10.0. The number of nitrogens with one attached hydrogen (secondary N) is 1. The Balaban J connectivity index is 1.87. The Bertz CT molecular complexity index is 1200. The normalized spacial score (nSPS) is 10.7. The van der Waals surface area contributed by atoms with Crippen LogP contribution >= 0.6 is 11.6 Å². The van der Waals surface area contributed by atoms with E-state index < -0.39 is 0 Å². The number of carbonyl (C=O) groups is 1.